The first kappa shape index (κ1) is 13.8. The van der Waals surface area contributed by atoms with Crippen molar-refractivity contribution in [2.45, 2.75) is 19.9 Å². The van der Waals surface area contributed by atoms with E-state index in [1.54, 1.807) is 12.5 Å². The van der Waals surface area contributed by atoms with E-state index in [1.807, 2.05) is 37.3 Å². The predicted octanol–water partition coefficient (Wildman–Crippen LogP) is 3.94. The highest BCUT2D eigenvalue weighted by Gasteiger charge is 2.09. The minimum Gasteiger partial charge on any atom is -0.330 e. The quantitative estimate of drug-likeness (QED) is 0.766. The summed E-state index contributed by atoms with van der Waals surface area (Å²) in [6.45, 7) is 6.63. The second kappa shape index (κ2) is 6.53. The Bertz CT molecular complexity index is 672. The molecule has 1 aromatic carbocycles. The van der Waals surface area contributed by atoms with Gasteiger partial charge in [-0.3, -0.25) is 0 Å². The van der Waals surface area contributed by atoms with Crippen LogP contribution in [0.3, 0.4) is 0 Å². The van der Waals surface area contributed by atoms with Gasteiger partial charge in [-0.2, -0.15) is 5.26 Å². The Kier molecular flexibility index (Phi) is 4.52. The van der Waals surface area contributed by atoms with E-state index in [0.29, 0.717) is 5.56 Å². The molecule has 100 valence electrons. The third kappa shape index (κ3) is 2.86. The van der Waals surface area contributed by atoms with Crippen LogP contribution in [0.5, 0.6) is 0 Å². The van der Waals surface area contributed by atoms with Gasteiger partial charge in [0.2, 0.25) is 0 Å². The van der Waals surface area contributed by atoms with E-state index < -0.39 is 0 Å². The molecule has 0 bridgehead atoms. The maximum atomic E-state index is 9.20. The highest BCUT2D eigenvalue weighted by Crippen LogP contribution is 2.23. The zero-order valence-corrected chi connectivity index (χ0v) is 11.6. The summed E-state index contributed by atoms with van der Waals surface area (Å²) in [6, 6.07) is 9.82. The molecule has 3 heteroatoms. The lowest BCUT2D eigenvalue weighted by Crippen LogP contribution is -2.00. The molecule has 0 saturated carbocycles. The molecule has 0 spiro atoms. The molecule has 20 heavy (non-hydrogen) atoms. The molecule has 1 aromatic heterocycles. The molecule has 0 aliphatic carbocycles. The fourth-order valence-corrected chi connectivity index (χ4v) is 2.14. The summed E-state index contributed by atoms with van der Waals surface area (Å²) in [5.74, 6) is 0. The topological polar surface area (TPSA) is 41.6 Å². The molecule has 0 unspecified atom stereocenters. The summed E-state index contributed by atoms with van der Waals surface area (Å²) >= 11 is 0. The molecular weight excluding hydrogens is 246 g/mol. The number of allylic oxidation sites excluding steroid dienone is 3. The van der Waals surface area contributed by atoms with E-state index in [-0.39, 0.29) is 0 Å². The van der Waals surface area contributed by atoms with Gasteiger partial charge in [-0.1, -0.05) is 42.5 Å². The Hall–Kier alpha value is -2.60. The van der Waals surface area contributed by atoms with Crippen molar-refractivity contribution < 1.29 is 0 Å². The number of benzene rings is 1. The van der Waals surface area contributed by atoms with E-state index in [0.717, 1.165) is 24.2 Å². The molecule has 0 radical (unpaired) electrons. The third-order valence-electron chi connectivity index (χ3n) is 3.31. The SMILES string of the molecule is C=CC(=CC)CCn1cncc1-c1ccccc1C#N. The second-order valence-electron chi connectivity index (χ2n) is 4.45. The molecular formula is C17H17N3. The number of imidazole rings is 1. The molecule has 0 atom stereocenters. The molecule has 2 aromatic rings. The van der Waals surface area contributed by atoms with Gasteiger partial charge in [0, 0.05) is 12.1 Å². The van der Waals surface area contributed by atoms with Crippen molar-refractivity contribution in [2.75, 3.05) is 0 Å². The lowest BCUT2D eigenvalue weighted by atomic mass is 10.1. The summed E-state index contributed by atoms with van der Waals surface area (Å²) in [5.41, 5.74) is 3.78. The smallest absolute Gasteiger partial charge is 0.0998 e. The van der Waals surface area contributed by atoms with Crippen LogP contribution in [0.1, 0.15) is 18.9 Å². The lowest BCUT2D eigenvalue weighted by Gasteiger charge is -2.09. The number of hydrogen-bond donors (Lipinski definition) is 0. The van der Waals surface area contributed by atoms with E-state index in [9.17, 15) is 5.26 Å². The largest absolute Gasteiger partial charge is 0.330 e. The van der Waals surface area contributed by atoms with E-state index >= 15 is 0 Å². The van der Waals surface area contributed by atoms with Gasteiger partial charge in [-0.05, 0) is 19.4 Å². The van der Waals surface area contributed by atoms with Gasteiger partial charge in [-0.25, -0.2) is 4.98 Å². The van der Waals surface area contributed by atoms with Crippen molar-refractivity contribution in [3.05, 3.63) is 66.7 Å². The van der Waals surface area contributed by atoms with Crippen molar-refractivity contribution >= 4 is 0 Å². The van der Waals surface area contributed by atoms with E-state index in [1.165, 1.54) is 5.57 Å². The second-order valence-corrected chi connectivity index (χ2v) is 4.45. The number of nitrogens with zero attached hydrogens (tertiary/aromatic N) is 3. The van der Waals surface area contributed by atoms with Gasteiger partial charge < -0.3 is 4.57 Å². The number of nitriles is 1. The van der Waals surface area contributed by atoms with Crippen molar-refractivity contribution in [3.8, 4) is 17.3 Å². The molecule has 0 amide bonds. The fraction of sp³-hybridized carbons (Fsp3) is 0.176. The normalized spacial score (nSPS) is 11.1. The van der Waals surface area contributed by atoms with Gasteiger partial charge in [0.05, 0.1) is 29.9 Å². The van der Waals surface area contributed by atoms with Crippen LogP contribution in [-0.4, -0.2) is 9.55 Å². The number of aromatic nitrogens is 2. The van der Waals surface area contributed by atoms with Crippen LogP contribution in [0.2, 0.25) is 0 Å². The van der Waals surface area contributed by atoms with Crippen LogP contribution in [0, 0.1) is 11.3 Å². The first-order chi connectivity index (χ1) is 9.80. The van der Waals surface area contributed by atoms with E-state index in [4.69, 9.17) is 0 Å². The van der Waals surface area contributed by atoms with Gasteiger partial charge in [0.15, 0.2) is 0 Å². The highest BCUT2D eigenvalue weighted by molar-refractivity contribution is 5.67. The minimum atomic E-state index is 0.671. The number of aryl methyl sites for hydroxylation is 1. The predicted molar refractivity (Wildman–Crippen MR) is 80.9 cm³/mol. The van der Waals surface area contributed by atoms with E-state index in [2.05, 4.69) is 28.3 Å². The van der Waals surface area contributed by atoms with Crippen LogP contribution in [0.15, 0.2) is 61.1 Å². The highest BCUT2D eigenvalue weighted by atomic mass is 15.0. The zero-order valence-electron chi connectivity index (χ0n) is 11.6. The summed E-state index contributed by atoms with van der Waals surface area (Å²) < 4.78 is 2.07. The Morgan fingerprint density at radius 1 is 1.45 bits per heavy atom. The molecule has 0 N–H and O–H groups in total. The van der Waals surface area contributed by atoms with Crippen molar-refractivity contribution in [1.29, 1.82) is 5.26 Å². The first-order valence-corrected chi connectivity index (χ1v) is 6.57. The molecule has 0 fully saturated rings. The van der Waals surface area contributed by atoms with Gasteiger partial charge >= 0.3 is 0 Å². The molecule has 0 aliphatic heterocycles. The van der Waals surface area contributed by atoms with Crippen LogP contribution in [0.25, 0.3) is 11.3 Å². The average Bonchev–Trinajstić information content (AvgIpc) is 2.96. The average molecular weight is 263 g/mol. The maximum absolute atomic E-state index is 9.20. The fourth-order valence-electron chi connectivity index (χ4n) is 2.14. The Morgan fingerprint density at radius 2 is 2.25 bits per heavy atom. The van der Waals surface area contributed by atoms with Gasteiger partial charge in [-0.15, -0.1) is 0 Å². The van der Waals surface area contributed by atoms with Gasteiger partial charge in [0.25, 0.3) is 0 Å². The summed E-state index contributed by atoms with van der Waals surface area (Å²) in [7, 11) is 0. The molecule has 2 rings (SSSR count). The summed E-state index contributed by atoms with van der Waals surface area (Å²) in [6.07, 6.45) is 8.45. The minimum absolute atomic E-state index is 0.671. The van der Waals surface area contributed by atoms with Crippen molar-refractivity contribution in [3.63, 3.8) is 0 Å². The van der Waals surface area contributed by atoms with Crippen LogP contribution >= 0.6 is 0 Å². The molecule has 0 aliphatic rings. The lowest BCUT2D eigenvalue weighted by molar-refractivity contribution is 0.703. The zero-order chi connectivity index (χ0) is 14.4. The van der Waals surface area contributed by atoms with Gasteiger partial charge in [0.1, 0.15) is 0 Å². The number of hydrogen-bond acceptors (Lipinski definition) is 2. The Labute approximate surface area is 119 Å². The van der Waals surface area contributed by atoms with Crippen LogP contribution in [-0.2, 0) is 6.54 Å². The molecule has 1 heterocycles. The van der Waals surface area contributed by atoms with Crippen LogP contribution < -0.4 is 0 Å². The van der Waals surface area contributed by atoms with Crippen LogP contribution in [0.4, 0.5) is 0 Å². The molecule has 3 nitrogen and oxygen atoms in total. The summed E-state index contributed by atoms with van der Waals surface area (Å²) in [4.78, 5) is 4.21. The first-order valence-electron chi connectivity index (χ1n) is 6.57. The standard InChI is InChI=1S/C17H17N3/c1-3-14(4-2)9-10-20-13-19-12-17(20)16-8-6-5-7-15(16)11-18/h3-8,12-13H,1,9-10H2,2H3. The molecule has 0 saturated heterocycles. The monoisotopic (exact) mass is 263 g/mol. The third-order valence-corrected chi connectivity index (χ3v) is 3.31. The van der Waals surface area contributed by atoms with Crippen molar-refractivity contribution in [2.24, 2.45) is 0 Å². The summed E-state index contributed by atoms with van der Waals surface area (Å²) in [5, 5.41) is 9.20. The maximum Gasteiger partial charge on any atom is 0.0998 e. The Balaban J connectivity index is 2.29. The Morgan fingerprint density at radius 3 is 2.95 bits per heavy atom. The number of rotatable bonds is 5. The van der Waals surface area contributed by atoms with Crippen molar-refractivity contribution in [1.82, 2.24) is 9.55 Å².